The molecule has 3 heterocycles. The summed E-state index contributed by atoms with van der Waals surface area (Å²) in [6.07, 6.45) is 3.94. The number of fused-ring (bicyclic) bond motifs is 1. The van der Waals surface area contributed by atoms with Crippen molar-refractivity contribution in [2.75, 3.05) is 33.2 Å². The van der Waals surface area contributed by atoms with Crippen LogP contribution in [0.25, 0.3) is 28.0 Å². The third kappa shape index (κ3) is 3.99. The van der Waals surface area contributed by atoms with Gasteiger partial charge in [-0.1, -0.05) is 18.2 Å². The number of hydrogen-bond donors (Lipinski definition) is 0. The zero-order chi connectivity index (χ0) is 22.9. The number of piperazine rings is 1. The number of rotatable bonds is 3. The van der Waals surface area contributed by atoms with Crippen LogP contribution in [0.15, 0.2) is 67.0 Å². The van der Waals surface area contributed by atoms with Crippen molar-refractivity contribution in [1.82, 2.24) is 19.2 Å². The molecule has 4 aromatic rings. The summed E-state index contributed by atoms with van der Waals surface area (Å²) in [6, 6.07) is 19.7. The molecule has 0 unspecified atom stereocenters. The molecule has 0 bridgehead atoms. The lowest BCUT2D eigenvalue weighted by Crippen LogP contribution is -2.47. The number of likely N-dealkylation sites (N-methyl/N-ethyl adjacent to an activating group) is 1. The molecule has 0 spiro atoms. The van der Waals surface area contributed by atoms with Gasteiger partial charge in [0, 0.05) is 43.5 Å². The van der Waals surface area contributed by atoms with Crippen LogP contribution in [0.3, 0.4) is 0 Å². The highest BCUT2D eigenvalue weighted by Gasteiger charge is 2.21. The number of amides is 1. The number of aryl methyl sites for hydroxylation is 1. The molecule has 164 valence electrons. The molecule has 0 atom stereocenters. The van der Waals surface area contributed by atoms with Crippen molar-refractivity contribution in [1.29, 1.82) is 5.26 Å². The largest absolute Gasteiger partial charge is 0.336 e. The average Bonchev–Trinajstić information content (AvgIpc) is 3.27. The normalized spacial score (nSPS) is 14.4. The van der Waals surface area contributed by atoms with Crippen LogP contribution < -0.4 is 0 Å². The van der Waals surface area contributed by atoms with E-state index in [1.54, 1.807) is 0 Å². The molecular weight excluding hydrogens is 410 g/mol. The van der Waals surface area contributed by atoms with Gasteiger partial charge in [0.1, 0.15) is 5.65 Å². The molecule has 0 saturated carbocycles. The zero-order valence-corrected chi connectivity index (χ0v) is 18.8. The topological polar surface area (TPSA) is 64.6 Å². The number of carbonyl (C=O) groups is 1. The van der Waals surface area contributed by atoms with Gasteiger partial charge in [0.05, 0.1) is 23.5 Å². The lowest BCUT2D eigenvalue weighted by molar-refractivity contribution is 0.0664. The van der Waals surface area contributed by atoms with E-state index in [1.165, 1.54) is 0 Å². The van der Waals surface area contributed by atoms with Crippen LogP contribution in [0.5, 0.6) is 0 Å². The fourth-order valence-corrected chi connectivity index (χ4v) is 4.38. The average molecular weight is 436 g/mol. The van der Waals surface area contributed by atoms with E-state index in [-0.39, 0.29) is 5.91 Å². The number of carbonyl (C=O) groups excluding carboxylic acids is 1. The molecular formula is C27H25N5O. The minimum absolute atomic E-state index is 0.103. The highest BCUT2D eigenvalue weighted by molar-refractivity contribution is 5.95. The van der Waals surface area contributed by atoms with Gasteiger partial charge in [-0.3, -0.25) is 9.20 Å². The van der Waals surface area contributed by atoms with Crippen LogP contribution in [-0.4, -0.2) is 58.3 Å². The monoisotopic (exact) mass is 435 g/mol. The molecule has 1 saturated heterocycles. The quantitative estimate of drug-likeness (QED) is 0.483. The van der Waals surface area contributed by atoms with Crippen LogP contribution in [0.4, 0.5) is 0 Å². The second-order valence-electron chi connectivity index (χ2n) is 8.60. The predicted octanol–water partition coefficient (Wildman–Crippen LogP) is 4.24. The molecule has 5 rings (SSSR count). The highest BCUT2D eigenvalue weighted by atomic mass is 16.2. The Bertz CT molecular complexity index is 1370. The first kappa shape index (κ1) is 20.9. The summed E-state index contributed by atoms with van der Waals surface area (Å²) in [5.74, 6) is 0.103. The van der Waals surface area contributed by atoms with Crippen molar-refractivity contribution in [3.8, 4) is 28.5 Å². The molecule has 1 amide bonds. The van der Waals surface area contributed by atoms with E-state index in [2.05, 4.69) is 46.6 Å². The molecule has 0 aliphatic carbocycles. The van der Waals surface area contributed by atoms with E-state index in [4.69, 9.17) is 5.26 Å². The third-order valence-corrected chi connectivity index (χ3v) is 6.39. The van der Waals surface area contributed by atoms with Crippen molar-refractivity contribution < 1.29 is 4.79 Å². The summed E-state index contributed by atoms with van der Waals surface area (Å²) in [5, 5.41) is 9.06. The van der Waals surface area contributed by atoms with Gasteiger partial charge in [-0.25, -0.2) is 4.98 Å². The molecule has 1 aliphatic rings. The molecule has 33 heavy (non-hydrogen) atoms. The number of nitrogens with zero attached hydrogens (tertiary/aromatic N) is 5. The van der Waals surface area contributed by atoms with Gasteiger partial charge in [-0.2, -0.15) is 5.26 Å². The maximum absolute atomic E-state index is 13.0. The van der Waals surface area contributed by atoms with Crippen LogP contribution in [0.1, 0.15) is 21.5 Å². The lowest BCUT2D eigenvalue weighted by Gasteiger charge is -2.32. The van der Waals surface area contributed by atoms with Crippen molar-refractivity contribution >= 4 is 11.6 Å². The second-order valence-corrected chi connectivity index (χ2v) is 8.60. The van der Waals surface area contributed by atoms with E-state index in [0.29, 0.717) is 5.56 Å². The zero-order valence-electron chi connectivity index (χ0n) is 18.8. The minimum Gasteiger partial charge on any atom is -0.336 e. The summed E-state index contributed by atoms with van der Waals surface area (Å²) in [5.41, 5.74) is 7.42. The standard InChI is InChI=1S/C27H25N5O/c1-19-15-22(27(33)31-13-11-30(2)12-14-31)7-9-24(19)23-8-10-26-29-17-25(32(26)18-23)21-5-3-20(16-28)4-6-21/h3-10,15,17-18H,11-14H2,1-2H3. The van der Waals surface area contributed by atoms with Gasteiger partial charge in [0.25, 0.3) is 5.91 Å². The molecule has 1 aliphatic heterocycles. The van der Waals surface area contributed by atoms with Crippen LogP contribution in [0.2, 0.25) is 0 Å². The Morgan fingerprint density at radius 2 is 1.70 bits per heavy atom. The first-order valence-electron chi connectivity index (χ1n) is 11.1. The van der Waals surface area contributed by atoms with Crippen LogP contribution in [-0.2, 0) is 0 Å². The number of nitriles is 1. The molecule has 6 nitrogen and oxygen atoms in total. The van der Waals surface area contributed by atoms with Crippen LogP contribution >= 0.6 is 0 Å². The maximum Gasteiger partial charge on any atom is 0.253 e. The summed E-state index contributed by atoms with van der Waals surface area (Å²) in [4.78, 5) is 21.7. The number of benzene rings is 2. The van der Waals surface area contributed by atoms with Gasteiger partial charge >= 0.3 is 0 Å². The van der Waals surface area contributed by atoms with Crippen molar-refractivity contribution in [3.05, 3.63) is 83.7 Å². The fourth-order valence-electron chi connectivity index (χ4n) is 4.38. The molecule has 0 radical (unpaired) electrons. The van der Waals surface area contributed by atoms with Crippen molar-refractivity contribution in [2.24, 2.45) is 0 Å². The van der Waals surface area contributed by atoms with Crippen molar-refractivity contribution in [3.63, 3.8) is 0 Å². The SMILES string of the molecule is Cc1cc(C(=O)N2CCN(C)CC2)ccc1-c1ccc2ncc(-c3ccc(C#N)cc3)n2c1. The van der Waals surface area contributed by atoms with Crippen LogP contribution in [0, 0.1) is 18.3 Å². The Labute approximate surface area is 193 Å². The maximum atomic E-state index is 13.0. The molecule has 2 aromatic heterocycles. The second kappa shape index (κ2) is 8.53. The van der Waals surface area contributed by atoms with Gasteiger partial charge < -0.3 is 9.80 Å². The third-order valence-electron chi connectivity index (χ3n) is 6.39. The molecule has 2 aromatic carbocycles. The fraction of sp³-hybridized carbons (Fsp3) is 0.222. The number of pyridine rings is 1. The van der Waals surface area contributed by atoms with E-state index < -0.39 is 0 Å². The Morgan fingerprint density at radius 3 is 2.39 bits per heavy atom. The summed E-state index contributed by atoms with van der Waals surface area (Å²) >= 11 is 0. The smallest absolute Gasteiger partial charge is 0.253 e. The molecule has 0 N–H and O–H groups in total. The number of imidazole rings is 1. The minimum atomic E-state index is 0.103. The van der Waals surface area contributed by atoms with E-state index in [9.17, 15) is 4.79 Å². The summed E-state index contributed by atoms with van der Waals surface area (Å²) in [6.45, 7) is 5.41. The Kier molecular flexibility index (Phi) is 5.41. The molecule has 6 heteroatoms. The Hall–Kier alpha value is -3.95. The predicted molar refractivity (Wildman–Crippen MR) is 129 cm³/mol. The summed E-state index contributed by atoms with van der Waals surface area (Å²) < 4.78 is 2.07. The van der Waals surface area contributed by atoms with Gasteiger partial charge in [-0.15, -0.1) is 0 Å². The first-order chi connectivity index (χ1) is 16.0. The Balaban J connectivity index is 1.46. The first-order valence-corrected chi connectivity index (χ1v) is 11.1. The Morgan fingerprint density at radius 1 is 0.970 bits per heavy atom. The lowest BCUT2D eigenvalue weighted by atomic mass is 9.99. The summed E-state index contributed by atoms with van der Waals surface area (Å²) in [7, 11) is 2.09. The van der Waals surface area contributed by atoms with E-state index in [0.717, 1.165) is 65.3 Å². The highest BCUT2D eigenvalue weighted by Crippen LogP contribution is 2.28. The molecule has 1 fully saturated rings. The van der Waals surface area contributed by atoms with E-state index in [1.807, 2.05) is 59.6 Å². The van der Waals surface area contributed by atoms with Crippen molar-refractivity contribution in [2.45, 2.75) is 6.92 Å². The van der Waals surface area contributed by atoms with E-state index >= 15 is 0 Å². The van der Waals surface area contributed by atoms with Gasteiger partial charge in [-0.05, 0) is 67.1 Å². The number of aromatic nitrogens is 2. The number of hydrogen-bond acceptors (Lipinski definition) is 4. The van der Waals surface area contributed by atoms with Gasteiger partial charge in [0.15, 0.2) is 0 Å². The van der Waals surface area contributed by atoms with Gasteiger partial charge in [0.2, 0.25) is 0 Å².